The zero-order valence-corrected chi connectivity index (χ0v) is 11.2. The van der Waals surface area contributed by atoms with Gasteiger partial charge in [0.15, 0.2) is 0 Å². The van der Waals surface area contributed by atoms with Gasteiger partial charge in [0.25, 0.3) is 0 Å². The van der Waals surface area contributed by atoms with Crippen molar-refractivity contribution >= 4 is 0 Å². The molecular formula is C15H23NO2. The number of nitrogens with one attached hydrogen (secondary N) is 1. The van der Waals surface area contributed by atoms with Crippen LogP contribution in [0.15, 0.2) is 18.2 Å². The largest absolute Gasteiger partial charge is 0.508 e. The zero-order chi connectivity index (χ0) is 13.1. The van der Waals surface area contributed by atoms with Crippen molar-refractivity contribution in [3.63, 3.8) is 0 Å². The summed E-state index contributed by atoms with van der Waals surface area (Å²) in [5.41, 5.74) is 2.10. The molecule has 0 aliphatic heterocycles. The van der Waals surface area contributed by atoms with Gasteiger partial charge in [-0.15, -0.1) is 0 Å². The molecule has 3 unspecified atom stereocenters. The Morgan fingerprint density at radius 2 is 2.17 bits per heavy atom. The van der Waals surface area contributed by atoms with E-state index in [1.54, 1.807) is 6.07 Å². The Labute approximate surface area is 109 Å². The van der Waals surface area contributed by atoms with Crippen LogP contribution in [0.1, 0.15) is 43.4 Å². The second-order valence-corrected chi connectivity index (χ2v) is 5.43. The Morgan fingerprint density at radius 1 is 1.39 bits per heavy atom. The molecular weight excluding hydrogens is 226 g/mol. The van der Waals surface area contributed by atoms with E-state index in [0.717, 1.165) is 24.0 Å². The van der Waals surface area contributed by atoms with Crippen molar-refractivity contribution in [3.05, 3.63) is 29.3 Å². The molecule has 0 heterocycles. The molecule has 3 N–H and O–H groups in total. The van der Waals surface area contributed by atoms with E-state index in [1.807, 2.05) is 19.1 Å². The van der Waals surface area contributed by atoms with Gasteiger partial charge < -0.3 is 15.5 Å². The van der Waals surface area contributed by atoms with Gasteiger partial charge in [-0.3, -0.25) is 0 Å². The Kier molecular flexibility index (Phi) is 4.25. The fourth-order valence-electron chi connectivity index (χ4n) is 2.91. The molecule has 0 saturated heterocycles. The molecule has 0 aromatic heterocycles. The standard InChI is InChI=1S/C15H23NO2/c1-10-6-7-15(18)13(8-10)11(2)16-14-5-3-4-12(14)9-17/h6-8,11-12,14,16-18H,3-5,9H2,1-2H3. The average molecular weight is 249 g/mol. The predicted octanol–water partition coefficient (Wildman–Crippen LogP) is 2.51. The van der Waals surface area contributed by atoms with Gasteiger partial charge in [0.2, 0.25) is 0 Å². The summed E-state index contributed by atoms with van der Waals surface area (Å²) in [4.78, 5) is 0. The van der Waals surface area contributed by atoms with E-state index in [9.17, 15) is 10.2 Å². The first-order valence-electron chi connectivity index (χ1n) is 6.78. The van der Waals surface area contributed by atoms with Crippen LogP contribution in [0.4, 0.5) is 0 Å². The smallest absolute Gasteiger partial charge is 0.120 e. The molecule has 0 bridgehead atoms. The first-order chi connectivity index (χ1) is 8.61. The van der Waals surface area contributed by atoms with E-state index >= 15 is 0 Å². The molecule has 1 fully saturated rings. The van der Waals surface area contributed by atoms with Gasteiger partial charge in [-0.2, -0.15) is 0 Å². The average Bonchev–Trinajstić information content (AvgIpc) is 2.79. The van der Waals surface area contributed by atoms with E-state index in [-0.39, 0.29) is 12.6 Å². The van der Waals surface area contributed by atoms with Crippen molar-refractivity contribution in [2.45, 2.75) is 45.2 Å². The van der Waals surface area contributed by atoms with E-state index < -0.39 is 0 Å². The number of phenolic OH excluding ortho intramolecular Hbond substituents is 1. The zero-order valence-electron chi connectivity index (χ0n) is 11.2. The molecule has 3 atom stereocenters. The van der Waals surface area contributed by atoms with Crippen LogP contribution in [0.5, 0.6) is 5.75 Å². The number of aromatic hydroxyl groups is 1. The SMILES string of the molecule is Cc1ccc(O)c(C(C)NC2CCCC2CO)c1. The van der Waals surface area contributed by atoms with Crippen LogP contribution >= 0.6 is 0 Å². The summed E-state index contributed by atoms with van der Waals surface area (Å²) >= 11 is 0. The molecule has 1 aliphatic carbocycles. The van der Waals surface area contributed by atoms with Crippen LogP contribution in [0.3, 0.4) is 0 Å². The lowest BCUT2D eigenvalue weighted by molar-refractivity contribution is 0.200. The number of phenols is 1. The summed E-state index contributed by atoms with van der Waals surface area (Å²) in [6.45, 7) is 4.35. The van der Waals surface area contributed by atoms with E-state index in [0.29, 0.717) is 17.7 Å². The van der Waals surface area contributed by atoms with Gasteiger partial charge in [-0.25, -0.2) is 0 Å². The van der Waals surface area contributed by atoms with Gasteiger partial charge in [0.1, 0.15) is 5.75 Å². The van der Waals surface area contributed by atoms with Gasteiger partial charge in [0, 0.05) is 24.3 Å². The molecule has 0 amide bonds. The quantitative estimate of drug-likeness (QED) is 0.768. The van der Waals surface area contributed by atoms with Crippen molar-refractivity contribution in [2.75, 3.05) is 6.61 Å². The van der Waals surface area contributed by atoms with Crippen molar-refractivity contribution in [3.8, 4) is 5.75 Å². The van der Waals surface area contributed by atoms with Crippen molar-refractivity contribution in [2.24, 2.45) is 5.92 Å². The minimum absolute atomic E-state index is 0.113. The number of aryl methyl sites for hydroxylation is 1. The Balaban J connectivity index is 2.07. The molecule has 18 heavy (non-hydrogen) atoms. The molecule has 3 heteroatoms. The lowest BCUT2D eigenvalue weighted by Gasteiger charge is -2.24. The van der Waals surface area contributed by atoms with Crippen LogP contribution in [-0.2, 0) is 0 Å². The predicted molar refractivity (Wildman–Crippen MR) is 72.6 cm³/mol. The highest BCUT2D eigenvalue weighted by Gasteiger charge is 2.28. The second kappa shape index (κ2) is 5.72. The summed E-state index contributed by atoms with van der Waals surface area (Å²) in [5, 5.41) is 22.8. The Bertz CT molecular complexity index is 405. The van der Waals surface area contributed by atoms with Gasteiger partial charge in [-0.05, 0) is 38.7 Å². The maximum Gasteiger partial charge on any atom is 0.120 e. The van der Waals surface area contributed by atoms with Crippen LogP contribution in [-0.4, -0.2) is 22.9 Å². The second-order valence-electron chi connectivity index (χ2n) is 5.43. The summed E-state index contributed by atoms with van der Waals surface area (Å²) in [6.07, 6.45) is 3.39. The lowest BCUT2D eigenvalue weighted by Crippen LogP contribution is -2.35. The summed E-state index contributed by atoms with van der Waals surface area (Å²) in [5.74, 6) is 0.707. The molecule has 0 radical (unpaired) electrons. The van der Waals surface area contributed by atoms with Gasteiger partial charge in [0.05, 0.1) is 0 Å². The Morgan fingerprint density at radius 3 is 2.89 bits per heavy atom. The fourth-order valence-corrected chi connectivity index (χ4v) is 2.91. The first kappa shape index (κ1) is 13.4. The van der Waals surface area contributed by atoms with Crippen molar-refractivity contribution in [1.82, 2.24) is 5.32 Å². The van der Waals surface area contributed by atoms with Crippen molar-refractivity contribution < 1.29 is 10.2 Å². The fraction of sp³-hybridized carbons (Fsp3) is 0.600. The van der Waals surface area contributed by atoms with E-state index in [4.69, 9.17) is 0 Å². The minimum atomic E-state index is 0.113. The third kappa shape index (κ3) is 2.85. The molecule has 1 saturated carbocycles. The number of aliphatic hydroxyl groups is 1. The van der Waals surface area contributed by atoms with Crippen LogP contribution in [0.2, 0.25) is 0 Å². The monoisotopic (exact) mass is 249 g/mol. The van der Waals surface area contributed by atoms with Crippen molar-refractivity contribution in [1.29, 1.82) is 0 Å². The lowest BCUT2D eigenvalue weighted by atomic mass is 10.00. The van der Waals surface area contributed by atoms with E-state index in [2.05, 4.69) is 12.2 Å². The normalized spacial score (nSPS) is 25.3. The van der Waals surface area contributed by atoms with Crippen LogP contribution in [0.25, 0.3) is 0 Å². The molecule has 2 rings (SSSR count). The highest BCUT2D eigenvalue weighted by atomic mass is 16.3. The molecule has 0 spiro atoms. The summed E-state index contributed by atoms with van der Waals surface area (Å²) in [7, 11) is 0. The van der Waals surface area contributed by atoms with E-state index in [1.165, 1.54) is 6.42 Å². The molecule has 1 aromatic carbocycles. The van der Waals surface area contributed by atoms with Gasteiger partial charge >= 0.3 is 0 Å². The highest BCUT2D eigenvalue weighted by Crippen LogP contribution is 2.30. The molecule has 3 nitrogen and oxygen atoms in total. The number of aliphatic hydroxyl groups excluding tert-OH is 1. The third-order valence-electron chi connectivity index (χ3n) is 4.01. The first-order valence-corrected chi connectivity index (χ1v) is 6.78. The molecule has 100 valence electrons. The van der Waals surface area contributed by atoms with Gasteiger partial charge in [-0.1, -0.05) is 24.1 Å². The maximum absolute atomic E-state index is 9.91. The third-order valence-corrected chi connectivity index (χ3v) is 4.01. The number of benzene rings is 1. The number of hydrogen-bond acceptors (Lipinski definition) is 3. The highest BCUT2D eigenvalue weighted by molar-refractivity contribution is 5.37. The molecule has 1 aliphatic rings. The number of hydrogen-bond donors (Lipinski definition) is 3. The number of rotatable bonds is 4. The van der Waals surface area contributed by atoms with Crippen LogP contribution in [0, 0.1) is 12.8 Å². The minimum Gasteiger partial charge on any atom is -0.508 e. The molecule has 1 aromatic rings. The summed E-state index contributed by atoms with van der Waals surface area (Å²) in [6, 6.07) is 6.17. The Hall–Kier alpha value is -1.06. The maximum atomic E-state index is 9.91. The topological polar surface area (TPSA) is 52.5 Å². The van der Waals surface area contributed by atoms with Crippen LogP contribution < -0.4 is 5.32 Å². The summed E-state index contributed by atoms with van der Waals surface area (Å²) < 4.78 is 0.